The van der Waals surface area contributed by atoms with Crippen LogP contribution in [0.25, 0.3) is 0 Å². The summed E-state index contributed by atoms with van der Waals surface area (Å²) in [6, 6.07) is 10.5. The second-order valence-corrected chi connectivity index (χ2v) is 6.39. The zero-order chi connectivity index (χ0) is 14.0. The summed E-state index contributed by atoms with van der Waals surface area (Å²) in [5.41, 5.74) is 2.66. The summed E-state index contributed by atoms with van der Waals surface area (Å²) < 4.78 is 14.9. The van der Waals surface area contributed by atoms with Crippen molar-refractivity contribution in [1.82, 2.24) is 0 Å². The molecule has 0 radical (unpaired) electrons. The molecule has 0 saturated carbocycles. The molecule has 0 saturated heterocycles. The van der Waals surface area contributed by atoms with Crippen LogP contribution in [0.1, 0.15) is 22.8 Å². The van der Waals surface area contributed by atoms with Gasteiger partial charge in [-0.2, -0.15) is 0 Å². The zero-order valence-corrected chi connectivity index (χ0v) is 13.5. The van der Waals surface area contributed by atoms with E-state index in [0.29, 0.717) is 10.9 Å². The smallest absolute Gasteiger partial charge is 0.124 e. The molecule has 1 unspecified atom stereocenters. The van der Waals surface area contributed by atoms with Gasteiger partial charge in [-0.15, -0.1) is 0 Å². The van der Waals surface area contributed by atoms with Gasteiger partial charge in [-0.05, 0) is 53.9 Å². The van der Waals surface area contributed by atoms with E-state index >= 15 is 0 Å². The van der Waals surface area contributed by atoms with Gasteiger partial charge in [0.25, 0.3) is 0 Å². The number of aryl methyl sites for hydroxylation is 1. The maximum absolute atomic E-state index is 13.3. The Labute approximate surface area is 128 Å². The Hall–Kier alpha value is -0.710. The molecule has 2 rings (SSSR count). The molecule has 0 amide bonds. The van der Waals surface area contributed by atoms with Crippen LogP contribution in [0.3, 0.4) is 0 Å². The Morgan fingerprint density at radius 2 is 1.74 bits per heavy atom. The largest absolute Gasteiger partial charge is 0.388 e. The van der Waals surface area contributed by atoms with Crippen LogP contribution in [0.4, 0.5) is 4.39 Å². The second-order valence-electron chi connectivity index (χ2n) is 4.56. The third kappa shape index (κ3) is 4.13. The molecule has 2 aromatic rings. The molecule has 0 spiro atoms. The van der Waals surface area contributed by atoms with Crippen LogP contribution in [0.15, 0.2) is 45.3 Å². The van der Waals surface area contributed by atoms with Gasteiger partial charge < -0.3 is 5.11 Å². The van der Waals surface area contributed by atoms with Gasteiger partial charge in [0, 0.05) is 15.4 Å². The first-order valence-corrected chi connectivity index (χ1v) is 7.43. The standard InChI is InChI=1S/C15H13Br2FO/c1-9-2-11(7-12(16)3-9)15(19)6-10-4-13(17)8-14(18)5-10/h2-5,7-8,15,19H,6H2,1H3. The van der Waals surface area contributed by atoms with E-state index < -0.39 is 6.10 Å². The van der Waals surface area contributed by atoms with Crippen LogP contribution in [-0.2, 0) is 6.42 Å². The first-order chi connectivity index (χ1) is 8.94. The monoisotopic (exact) mass is 386 g/mol. The molecule has 0 aliphatic carbocycles. The van der Waals surface area contributed by atoms with E-state index in [9.17, 15) is 9.50 Å². The predicted octanol–water partition coefficient (Wildman–Crippen LogP) is 4.94. The minimum absolute atomic E-state index is 0.304. The van der Waals surface area contributed by atoms with E-state index in [4.69, 9.17) is 0 Å². The van der Waals surface area contributed by atoms with E-state index in [2.05, 4.69) is 31.9 Å². The lowest BCUT2D eigenvalue weighted by atomic mass is 10.00. The average Bonchev–Trinajstić information content (AvgIpc) is 2.25. The highest BCUT2D eigenvalue weighted by Gasteiger charge is 2.11. The number of hydrogen-bond donors (Lipinski definition) is 1. The fraction of sp³-hybridized carbons (Fsp3) is 0.200. The Morgan fingerprint density at radius 1 is 1.05 bits per heavy atom. The highest BCUT2D eigenvalue weighted by Crippen LogP contribution is 2.25. The molecular formula is C15H13Br2FO. The number of aliphatic hydroxyl groups excluding tert-OH is 1. The van der Waals surface area contributed by atoms with Gasteiger partial charge in [-0.3, -0.25) is 0 Å². The third-order valence-electron chi connectivity index (χ3n) is 2.80. The van der Waals surface area contributed by atoms with Gasteiger partial charge in [0.05, 0.1) is 6.10 Å². The third-order valence-corrected chi connectivity index (χ3v) is 3.72. The van der Waals surface area contributed by atoms with Crippen molar-refractivity contribution in [1.29, 1.82) is 0 Å². The van der Waals surface area contributed by atoms with E-state index in [1.165, 1.54) is 12.1 Å². The molecule has 1 nitrogen and oxygen atoms in total. The molecule has 0 aliphatic rings. The Kier molecular flexibility index (Phi) is 4.76. The molecule has 19 heavy (non-hydrogen) atoms. The van der Waals surface area contributed by atoms with E-state index in [0.717, 1.165) is 21.2 Å². The fourth-order valence-electron chi connectivity index (χ4n) is 2.03. The fourth-order valence-corrected chi connectivity index (χ4v) is 3.17. The van der Waals surface area contributed by atoms with Gasteiger partial charge in [0.1, 0.15) is 5.82 Å². The van der Waals surface area contributed by atoms with Crippen molar-refractivity contribution in [3.8, 4) is 0 Å². The normalized spacial score (nSPS) is 12.5. The molecule has 100 valence electrons. The quantitative estimate of drug-likeness (QED) is 0.791. The maximum atomic E-state index is 13.3. The SMILES string of the molecule is Cc1cc(Br)cc(C(O)Cc2cc(F)cc(Br)c2)c1. The molecule has 1 N–H and O–H groups in total. The van der Waals surface area contributed by atoms with Crippen molar-refractivity contribution < 1.29 is 9.50 Å². The van der Waals surface area contributed by atoms with E-state index in [1.54, 1.807) is 0 Å². The van der Waals surface area contributed by atoms with Crippen LogP contribution >= 0.6 is 31.9 Å². The lowest BCUT2D eigenvalue weighted by molar-refractivity contribution is 0.178. The van der Waals surface area contributed by atoms with Crippen LogP contribution in [0.5, 0.6) is 0 Å². The second kappa shape index (κ2) is 6.16. The minimum Gasteiger partial charge on any atom is -0.388 e. The Balaban J connectivity index is 2.22. The van der Waals surface area contributed by atoms with Crippen LogP contribution in [0, 0.1) is 12.7 Å². The van der Waals surface area contributed by atoms with E-state index in [1.807, 2.05) is 31.2 Å². The van der Waals surface area contributed by atoms with Crippen LogP contribution in [0.2, 0.25) is 0 Å². The van der Waals surface area contributed by atoms with Crippen molar-refractivity contribution in [3.63, 3.8) is 0 Å². The number of aliphatic hydroxyl groups is 1. The average molecular weight is 388 g/mol. The predicted molar refractivity (Wildman–Crippen MR) is 81.6 cm³/mol. The van der Waals surface area contributed by atoms with Gasteiger partial charge in [0.2, 0.25) is 0 Å². The Morgan fingerprint density at radius 3 is 2.37 bits per heavy atom. The summed E-state index contributed by atoms with van der Waals surface area (Å²) >= 11 is 6.66. The van der Waals surface area contributed by atoms with Crippen molar-refractivity contribution in [3.05, 3.63) is 67.9 Å². The molecular weight excluding hydrogens is 375 g/mol. The molecule has 4 heteroatoms. The highest BCUT2D eigenvalue weighted by molar-refractivity contribution is 9.10. The van der Waals surface area contributed by atoms with Crippen LogP contribution < -0.4 is 0 Å². The molecule has 0 bridgehead atoms. The number of rotatable bonds is 3. The molecule has 0 aromatic heterocycles. The topological polar surface area (TPSA) is 20.2 Å². The van der Waals surface area contributed by atoms with E-state index in [-0.39, 0.29) is 5.82 Å². The summed E-state index contributed by atoms with van der Waals surface area (Å²) in [7, 11) is 0. The summed E-state index contributed by atoms with van der Waals surface area (Å²) in [6.07, 6.45) is -0.267. The number of benzene rings is 2. The lowest BCUT2D eigenvalue weighted by Gasteiger charge is -2.13. The molecule has 0 heterocycles. The molecule has 1 atom stereocenters. The molecule has 0 aliphatic heterocycles. The first-order valence-electron chi connectivity index (χ1n) is 5.84. The van der Waals surface area contributed by atoms with Crippen molar-refractivity contribution in [2.24, 2.45) is 0 Å². The van der Waals surface area contributed by atoms with Gasteiger partial charge in [0.15, 0.2) is 0 Å². The van der Waals surface area contributed by atoms with Gasteiger partial charge >= 0.3 is 0 Å². The van der Waals surface area contributed by atoms with Crippen molar-refractivity contribution in [2.45, 2.75) is 19.4 Å². The summed E-state index contributed by atoms with van der Waals surface area (Å²) in [4.78, 5) is 0. The number of hydrogen-bond acceptors (Lipinski definition) is 1. The van der Waals surface area contributed by atoms with Crippen molar-refractivity contribution >= 4 is 31.9 Å². The highest BCUT2D eigenvalue weighted by atomic mass is 79.9. The minimum atomic E-state index is -0.648. The summed E-state index contributed by atoms with van der Waals surface area (Å²) in [5, 5.41) is 10.2. The lowest BCUT2D eigenvalue weighted by Crippen LogP contribution is -2.02. The van der Waals surface area contributed by atoms with Crippen molar-refractivity contribution in [2.75, 3.05) is 0 Å². The first kappa shape index (κ1) is 14.7. The zero-order valence-electron chi connectivity index (χ0n) is 10.3. The van der Waals surface area contributed by atoms with Gasteiger partial charge in [-0.25, -0.2) is 4.39 Å². The maximum Gasteiger partial charge on any atom is 0.124 e. The molecule has 2 aromatic carbocycles. The Bertz CT molecular complexity index is 558. The summed E-state index contributed by atoms with van der Waals surface area (Å²) in [6.45, 7) is 1.97. The number of halogens is 3. The molecule has 0 fully saturated rings. The van der Waals surface area contributed by atoms with Gasteiger partial charge in [-0.1, -0.05) is 37.9 Å². The summed E-state index contributed by atoms with van der Waals surface area (Å²) in [5.74, 6) is -0.304. The van der Waals surface area contributed by atoms with Crippen LogP contribution in [-0.4, -0.2) is 5.11 Å².